The third-order valence-corrected chi connectivity index (χ3v) is 3.72. The van der Waals surface area contributed by atoms with E-state index in [9.17, 15) is 9.90 Å². The van der Waals surface area contributed by atoms with Crippen molar-refractivity contribution < 1.29 is 9.90 Å². The van der Waals surface area contributed by atoms with Gasteiger partial charge in [-0.15, -0.1) is 0 Å². The summed E-state index contributed by atoms with van der Waals surface area (Å²) in [7, 11) is 0. The molecule has 0 bridgehead atoms. The molecule has 1 amide bonds. The summed E-state index contributed by atoms with van der Waals surface area (Å²) in [6.07, 6.45) is 0.280. The average Bonchev–Trinajstić information content (AvgIpc) is 2.53. The molecular weight excluding hydrogens is 232 g/mol. The van der Waals surface area contributed by atoms with Crippen LogP contribution < -0.4 is 4.90 Å². The van der Waals surface area contributed by atoms with Crippen LogP contribution in [0.2, 0.25) is 0 Å². The van der Waals surface area contributed by atoms with Crippen LogP contribution in [0, 0.1) is 6.92 Å². The van der Waals surface area contributed by atoms with E-state index in [4.69, 9.17) is 0 Å². The van der Waals surface area contributed by atoms with Gasteiger partial charge in [-0.3, -0.25) is 4.90 Å². The number of amides is 1. The molecule has 1 N–H and O–H groups in total. The van der Waals surface area contributed by atoms with Crippen molar-refractivity contribution >= 4 is 11.9 Å². The largest absolute Gasteiger partial charge is 0.465 e. The highest BCUT2D eigenvalue weighted by Crippen LogP contribution is 2.39. The van der Waals surface area contributed by atoms with E-state index in [-0.39, 0.29) is 6.04 Å². The zero-order chi connectivity index (χ0) is 12.9. The third-order valence-electron chi connectivity index (χ3n) is 3.72. The number of fused-ring (bicyclic) bond motifs is 1. The second kappa shape index (κ2) is 3.83. The molecule has 1 aromatic rings. The predicted molar refractivity (Wildman–Crippen MR) is 65.6 cm³/mol. The molecular formula is C12H16N4O2. The lowest BCUT2D eigenvalue weighted by atomic mass is 10.1. The number of carboxylic acid groups (broad SMARTS) is 1. The number of aromatic nitrogens is 2. The van der Waals surface area contributed by atoms with Gasteiger partial charge in [-0.25, -0.2) is 14.8 Å². The van der Waals surface area contributed by atoms with Crippen molar-refractivity contribution in [3.05, 3.63) is 17.1 Å². The summed E-state index contributed by atoms with van der Waals surface area (Å²) in [5.41, 5.74) is 1.85. The van der Waals surface area contributed by atoms with E-state index >= 15 is 0 Å². The molecule has 1 saturated heterocycles. The Morgan fingerprint density at radius 1 is 1.39 bits per heavy atom. The van der Waals surface area contributed by atoms with Crippen molar-refractivity contribution in [1.82, 2.24) is 14.9 Å². The first-order valence-corrected chi connectivity index (χ1v) is 6.20. The molecule has 2 aliphatic rings. The molecule has 3 rings (SSSR count). The van der Waals surface area contributed by atoms with E-state index in [1.54, 1.807) is 0 Å². The van der Waals surface area contributed by atoms with Crippen LogP contribution in [0.4, 0.5) is 10.6 Å². The zero-order valence-corrected chi connectivity index (χ0v) is 10.6. The van der Waals surface area contributed by atoms with Gasteiger partial charge in [-0.05, 0) is 20.3 Å². The highest BCUT2D eigenvalue weighted by Gasteiger charge is 2.36. The lowest BCUT2D eigenvalue weighted by molar-refractivity contribution is 0.132. The van der Waals surface area contributed by atoms with E-state index in [2.05, 4.69) is 14.9 Å². The van der Waals surface area contributed by atoms with Gasteiger partial charge >= 0.3 is 6.09 Å². The average molecular weight is 248 g/mol. The van der Waals surface area contributed by atoms with E-state index in [1.807, 2.05) is 13.8 Å². The molecule has 1 fully saturated rings. The smallest absolute Gasteiger partial charge is 0.408 e. The monoisotopic (exact) mass is 248 g/mol. The van der Waals surface area contributed by atoms with Gasteiger partial charge in [-0.1, -0.05) is 0 Å². The summed E-state index contributed by atoms with van der Waals surface area (Å²) < 4.78 is 0. The summed E-state index contributed by atoms with van der Waals surface area (Å²) >= 11 is 0. The number of hydrogen-bond donors (Lipinski definition) is 1. The van der Waals surface area contributed by atoms with Crippen LogP contribution in [-0.4, -0.2) is 39.2 Å². The molecule has 0 saturated carbocycles. The maximum atomic E-state index is 11.2. The Morgan fingerprint density at radius 2 is 2.11 bits per heavy atom. The molecule has 1 aromatic heterocycles. The molecule has 6 nitrogen and oxygen atoms in total. The summed E-state index contributed by atoms with van der Waals surface area (Å²) in [6.45, 7) is 6.14. The van der Waals surface area contributed by atoms with Crippen molar-refractivity contribution in [1.29, 1.82) is 0 Å². The van der Waals surface area contributed by atoms with Gasteiger partial charge in [0.1, 0.15) is 11.6 Å². The second-order valence-electron chi connectivity index (χ2n) is 4.88. The molecule has 0 radical (unpaired) electrons. The number of carbonyl (C=O) groups is 1. The maximum absolute atomic E-state index is 11.2. The summed E-state index contributed by atoms with van der Waals surface area (Å²) in [6, 6.07) is -0.159. The van der Waals surface area contributed by atoms with Crippen LogP contribution in [0.5, 0.6) is 0 Å². The first-order valence-electron chi connectivity index (χ1n) is 6.20. The first-order chi connectivity index (χ1) is 8.58. The Balaban J connectivity index is 2.06. The minimum Gasteiger partial charge on any atom is -0.465 e. The van der Waals surface area contributed by atoms with Crippen LogP contribution in [0.3, 0.4) is 0 Å². The Morgan fingerprint density at radius 3 is 2.67 bits per heavy atom. The molecule has 0 spiro atoms. The standard InChI is InChI=1S/C12H16N4O2/c1-7-10-9(6-16(7)12(17)18)13-8(2)14-11(10)15-4-3-5-15/h7H,3-6H2,1-2H3,(H,17,18)/t7-/m1/s1. The van der Waals surface area contributed by atoms with Crippen LogP contribution in [0.15, 0.2) is 0 Å². The topological polar surface area (TPSA) is 69.6 Å². The third kappa shape index (κ3) is 1.52. The molecule has 1 atom stereocenters. The van der Waals surface area contributed by atoms with Crippen molar-refractivity contribution in [2.24, 2.45) is 0 Å². The number of anilines is 1. The fourth-order valence-electron chi connectivity index (χ4n) is 2.63. The Labute approximate surface area is 105 Å². The molecule has 0 unspecified atom stereocenters. The molecule has 6 heteroatoms. The fraction of sp³-hybridized carbons (Fsp3) is 0.583. The molecule has 96 valence electrons. The fourth-order valence-corrected chi connectivity index (χ4v) is 2.63. The molecule has 3 heterocycles. The summed E-state index contributed by atoms with van der Waals surface area (Å²) in [4.78, 5) is 23.7. The quantitative estimate of drug-likeness (QED) is 0.816. The van der Waals surface area contributed by atoms with E-state index < -0.39 is 6.09 Å². The van der Waals surface area contributed by atoms with Gasteiger partial charge in [0.25, 0.3) is 0 Å². The molecule has 0 aliphatic carbocycles. The summed E-state index contributed by atoms with van der Waals surface area (Å²) in [5, 5.41) is 9.19. The van der Waals surface area contributed by atoms with Gasteiger partial charge in [0.05, 0.1) is 18.3 Å². The Bertz CT molecular complexity index is 513. The van der Waals surface area contributed by atoms with Crippen molar-refractivity contribution in [3.63, 3.8) is 0 Å². The number of nitrogens with zero attached hydrogens (tertiary/aromatic N) is 4. The normalized spacial score (nSPS) is 21.8. The lowest BCUT2D eigenvalue weighted by Crippen LogP contribution is -2.39. The van der Waals surface area contributed by atoms with Crippen LogP contribution >= 0.6 is 0 Å². The van der Waals surface area contributed by atoms with Gasteiger partial charge < -0.3 is 10.0 Å². The SMILES string of the molecule is Cc1nc2c(c(N3CCC3)n1)[C@@H](C)N(C(=O)O)C2. The van der Waals surface area contributed by atoms with E-state index in [1.165, 1.54) is 11.3 Å². The second-order valence-corrected chi connectivity index (χ2v) is 4.88. The molecule has 2 aliphatic heterocycles. The van der Waals surface area contributed by atoms with Crippen molar-refractivity contribution in [3.8, 4) is 0 Å². The van der Waals surface area contributed by atoms with E-state index in [0.717, 1.165) is 36.0 Å². The first kappa shape index (κ1) is 11.3. The van der Waals surface area contributed by atoms with Crippen molar-refractivity contribution in [2.45, 2.75) is 32.9 Å². The van der Waals surface area contributed by atoms with Gasteiger partial charge in [-0.2, -0.15) is 0 Å². The number of hydrogen-bond acceptors (Lipinski definition) is 4. The van der Waals surface area contributed by atoms with Gasteiger partial charge in [0.2, 0.25) is 0 Å². The minimum absolute atomic E-state index is 0.159. The van der Waals surface area contributed by atoms with Gasteiger partial charge in [0.15, 0.2) is 0 Å². The highest BCUT2D eigenvalue weighted by molar-refractivity contribution is 5.69. The lowest BCUT2D eigenvalue weighted by Gasteiger charge is -2.34. The van der Waals surface area contributed by atoms with Crippen LogP contribution in [0.1, 0.15) is 36.5 Å². The number of aryl methyl sites for hydroxylation is 1. The minimum atomic E-state index is -0.896. The zero-order valence-electron chi connectivity index (χ0n) is 10.6. The maximum Gasteiger partial charge on any atom is 0.408 e. The highest BCUT2D eigenvalue weighted by atomic mass is 16.4. The molecule has 0 aromatic carbocycles. The predicted octanol–water partition coefficient (Wildman–Crippen LogP) is 1.55. The van der Waals surface area contributed by atoms with Crippen LogP contribution in [-0.2, 0) is 6.54 Å². The number of rotatable bonds is 1. The Kier molecular flexibility index (Phi) is 2.39. The van der Waals surface area contributed by atoms with Gasteiger partial charge in [0, 0.05) is 18.7 Å². The van der Waals surface area contributed by atoms with Crippen molar-refractivity contribution in [2.75, 3.05) is 18.0 Å². The van der Waals surface area contributed by atoms with E-state index in [0.29, 0.717) is 6.54 Å². The van der Waals surface area contributed by atoms with Crippen LogP contribution in [0.25, 0.3) is 0 Å². The molecule has 18 heavy (non-hydrogen) atoms. The summed E-state index contributed by atoms with van der Waals surface area (Å²) in [5.74, 6) is 1.65. The Hall–Kier alpha value is -1.85.